The zero-order valence-corrected chi connectivity index (χ0v) is 14.6. The first kappa shape index (κ1) is 23.0. The second-order valence-corrected chi connectivity index (χ2v) is 7.60. The number of phosphoric ester groups is 1. The number of phosphoric acid groups is 1. The van der Waals surface area contributed by atoms with Gasteiger partial charge in [0.15, 0.2) is 6.29 Å². The molecule has 1 saturated carbocycles. The summed E-state index contributed by atoms with van der Waals surface area (Å²) in [5.74, 6) is 0. The van der Waals surface area contributed by atoms with E-state index in [0.29, 0.717) is 0 Å². The van der Waals surface area contributed by atoms with E-state index in [-0.39, 0.29) is 0 Å². The van der Waals surface area contributed by atoms with Crippen molar-refractivity contribution in [2.24, 2.45) is 5.73 Å². The van der Waals surface area contributed by atoms with E-state index in [2.05, 4.69) is 4.52 Å². The molecule has 2 fully saturated rings. The van der Waals surface area contributed by atoms with E-state index in [0.717, 1.165) is 0 Å². The highest BCUT2D eigenvalue weighted by atomic mass is 31.2. The SMILES string of the molecule is N[C@H]1[C@@H](O[C@H]2[C@H](O)[C@H](O)[C@H](OP(=O)(O)O)[C@@H](O)[C@@H]2O)O[C@H](CO)[C@@H](O)[C@@H]1O. The normalized spacial score (nSPS) is 49.2. The van der Waals surface area contributed by atoms with E-state index in [4.69, 9.17) is 30.1 Å². The second kappa shape index (κ2) is 8.61. The van der Waals surface area contributed by atoms with Gasteiger partial charge in [0.2, 0.25) is 0 Å². The Balaban J connectivity index is 2.15. The monoisotopic (exact) mass is 421 g/mol. The van der Waals surface area contributed by atoms with Gasteiger partial charge in [-0.15, -0.1) is 0 Å². The van der Waals surface area contributed by atoms with Gasteiger partial charge in [0.05, 0.1) is 12.6 Å². The quantitative estimate of drug-likeness (QED) is 0.186. The maximum absolute atomic E-state index is 10.9. The van der Waals surface area contributed by atoms with Gasteiger partial charge >= 0.3 is 7.82 Å². The lowest BCUT2D eigenvalue weighted by Crippen LogP contribution is -2.68. The lowest BCUT2D eigenvalue weighted by Gasteiger charge is -2.46. The third kappa shape index (κ3) is 4.83. The minimum atomic E-state index is -5.17. The Morgan fingerprint density at radius 2 is 1.33 bits per heavy atom. The minimum absolute atomic E-state index is 0.718. The van der Waals surface area contributed by atoms with Crippen molar-refractivity contribution in [3.63, 3.8) is 0 Å². The van der Waals surface area contributed by atoms with Crippen LogP contribution < -0.4 is 5.73 Å². The van der Waals surface area contributed by atoms with Crippen LogP contribution in [0.2, 0.25) is 0 Å². The zero-order valence-electron chi connectivity index (χ0n) is 13.7. The topological polar surface area (TPSA) is 253 Å². The molecule has 0 spiro atoms. The summed E-state index contributed by atoms with van der Waals surface area (Å²) in [7, 11) is -5.17. The number of ether oxygens (including phenoxy) is 2. The van der Waals surface area contributed by atoms with Crippen molar-refractivity contribution in [1.29, 1.82) is 0 Å². The smallest absolute Gasteiger partial charge is 0.394 e. The van der Waals surface area contributed by atoms with E-state index in [1.165, 1.54) is 0 Å². The Bertz CT molecular complexity index is 529. The molecule has 0 bridgehead atoms. The van der Waals surface area contributed by atoms with E-state index in [1.807, 2.05) is 0 Å². The third-order valence-corrected chi connectivity index (χ3v) is 5.04. The molecule has 0 amide bonds. The van der Waals surface area contributed by atoms with Crippen molar-refractivity contribution in [1.82, 2.24) is 0 Å². The Kier molecular flexibility index (Phi) is 7.33. The average Bonchev–Trinajstić information content (AvgIpc) is 2.59. The molecule has 0 radical (unpaired) electrons. The maximum atomic E-state index is 10.9. The van der Waals surface area contributed by atoms with Crippen LogP contribution >= 0.6 is 7.82 Å². The summed E-state index contributed by atoms with van der Waals surface area (Å²) >= 11 is 0. The van der Waals surface area contributed by atoms with Gasteiger partial charge in [-0.2, -0.15) is 0 Å². The average molecular weight is 421 g/mol. The summed E-state index contributed by atoms with van der Waals surface area (Å²) in [5, 5.41) is 68.9. The van der Waals surface area contributed by atoms with Crippen LogP contribution in [0.4, 0.5) is 0 Å². The first-order chi connectivity index (χ1) is 12.4. The first-order valence-corrected chi connectivity index (χ1v) is 9.41. The fourth-order valence-corrected chi connectivity index (χ4v) is 3.57. The number of rotatable bonds is 5. The van der Waals surface area contributed by atoms with Crippen LogP contribution in [-0.4, -0.2) is 119 Å². The van der Waals surface area contributed by atoms with Gasteiger partial charge in [0.1, 0.15) is 54.9 Å². The highest BCUT2D eigenvalue weighted by Gasteiger charge is 2.54. The zero-order chi connectivity index (χ0) is 20.7. The molecule has 2 aliphatic rings. The van der Waals surface area contributed by atoms with Crippen LogP contribution in [0.15, 0.2) is 0 Å². The van der Waals surface area contributed by atoms with Crippen molar-refractivity contribution in [2.75, 3.05) is 6.61 Å². The van der Waals surface area contributed by atoms with Crippen LogP contribution in [-0.2, 0) is 18.6 Å². The van der Waals surface area contributed by atoms with Gasteiger partial charge in [-0.3, -0.25) is 4.52 Å². The molecule has 1 heterocycles. The highest BCUT2D eigenvalue weighted by molar-refractivity contribution is 7.46. The number of aliphatic hydroxyl groups is 7. The Labute approximate surface area is 152 Å². The van der Waals surface area contributed by atoms with E-state index < -0.39 is 81.7 Å². The highest BCUT2D eigenvalue weighted by Crippen LogP contribution is 2.42. The molecule has 14 nitrogen and oxygen atoms in total. The second-order valence-electron chi connectivity index (χ2n) is 6.41. The van der Waals surface area contributed by atoms with Crippen LogP contribution in [0.25, 0.3) is 0 Å². The fraction of sp³-hybridized carbons (Fsp3) is 1.00. The molecular weight excluding hydrogens is 397 g/mol. The number of aliphatic hydroxyl groups excluding tert-OH is 7. The molecule has 11 atom stereocenters. The Morgan fingerprint density at radius 3 is 1.78 bits per heavy atom. The standard InChI is InChI=1S/C12H24NO13P/c13-3-5(16)4(15)2(1-14)24-12(3)25-10-6(17)8(19)11(9(20)7(10)18)26-27(21,22)23/h2-12,14-20H,1,13H2,(H2,21,22,23)/t2-,3-,4-,5-,6-,7+,8+,9+,10+,11+,12-/m1/s1. The van der Waals surface area contributed by atoms with Crippen molar-refractivity contribution < 1.29 is 64.1 Å². The van der Waals surface area contributed by atoms with Crippen LogP contribution in [0.5, 0.6) is 0 Å². The predicted molar refractivity (Wildman–Crippen MR) is 81.6 cm³/mol. The van der Waals surface area contributed by atoms with Crippen LogP contribution in [0.3, 0.4) is 0 Å². The molecule has 0 aromatic heterocycles. The maximum Gasteiger partial charge on any atom is 0.470 e. The molecule has 2 rings (SSSR count). The molecule has 15 heteroatoms. The van der Waals surface area contributed by atoms with Crippen molar-refractivity contribution in [3.8, 4) is 0 Å². The van der Waals surface area contributed by atoms with E-state index in [9.17, 15) is 35.2 Å². The molecule has 0 aromatic carbocycles. The molecule has 1 aliphatic carbocycles. The molecule has 1 aliphatic heterocycles. The number of hydrogen-bond acceptors (Lipinski definition) is 12. The lowest BCUT2D eigenvalue weighted by atomic mass is 9.84. The summed E-state index contributed by atoms with van der Waals surface area (Å²) < 4.78 is 25.5. The summed E-state index contributed by atoms with van der Waals surface area (Å²) in [6, 6.07) is -1.39. The number of nitrogens with two attached hydrogens (primary N) is 1. The molecular formula is C12H24NO13P. The first-order valence-electron chi connectivity index (χ1n) is 7.88. The summed E-state index contributed by atoms with van der Waals surface area (Å²) in [5.41, 5.74) is 5.66. The van der Waals surface area contributed by atoms with Gasteiger partial charge in [0, 0.05) is 0 Å². The van der Waals surface area contributed by atoms with Crippen molar-refractivity contribution >= 4 is 7.82 Å². The summed E-state index contributed by atoms with van der Waals surface area (Å²) in [4.78, 5) is 17.6. The predicted octanol–water partition coefficient (Wildman–Crippen LogP) is -5.93. The number of hydrogen-bond donors (Lipinski definition) is 10. The Morgan fingerprint density at radius 1 is 0.852 bits per heavy atom. The molecule has 27 heavy (non-hydrogen) atoms. The lowest BCUT2D eigenvalue weighted by molar-refractivity contribution is -0.315. The molecule has 0 unspecified atom stereocenters. The van der Waals surface area contributed by atoms with Gasteiger partial charge < -0.3 is 60.7 Å². The minimum Gasteiger partial charge on any atom is -0.394 e. The summed E-state index contributed by atoms with van der Waals surface area (Å²) in [6.07, 6.45) is -18.0. The fourth-order valence-electron chi connectivity index (χ4n) is 3.01. The molecule has 0 aromatic rings. The third-order valence-electron chi connectivity index (χ3n) is 4.52. The van der Waals surface area contributed by atoms with Gasteiger partial charge in [-0.25, -0.2) is 4.57 Å². The van der Waals surface area contributed by atoms with Crippen LogP contribution in [0, 0.1) is 0 Å². The molecule has 1 saturated heterocycles. The van der Waals surface area contributed by atoms with Crippen molar-refractivity contribution in [3.05, 3.63) is 0 Å². The molecule has 160 valence electrons. The van der Waals surface area contributed by atoms with Crippen LogP contribution in [0.1, 0.15) is 0 Å². The van der Waals surface area contributed by atoms with Gasteiger partial charge in [-0.05, 0) is 0 Å². The van der Waals surface area contributed by atoms with Gasteiger partial charge in [0.25, 0.3) is 0 Å². The van der Waals surface area contributed by atoms with E-state index in [1.54, 1.807) is 0 Å². The summed E-state index contributed by atoms with van der Waals surface area (Å²) in [6.45, 7) is -0.718. The van der Waals surface area contributed by atoms with E-state index >= 15 is 0 Å². The largest absolute Gasteiger partial charge is 0.470 e. The molecule has 11 N–H and O–H groups in total. The Hall–Kier alpha value is -0.290. The van der Waals surface area contributed by atoms with Gasteiger partial charge in [-0.1, -0.05) is 0 Å². The van der Waals surface area contributed by atoms with Crippen molar-refractivity contribution in [2.45, 2.75) is 67.3 Å².